The number of methoxy groups -OCH3 is 1. The van der Waals surface area contributed by atoms with Crippen molar-refractivity contribution in [3.8, 4) is 5.88 Å². The van der Waals surface area contributed by atoms with Gasteiger partial charge in [-0.3, -0.25) is 0 Å². The molecule has 0 amide bonds. The first-order valence-electron chi connectivity index (χ1n) is 6.04. The number of nitrogens with one attached hydrogen (secondary N) is 1. The molecule has 3 nitrogen and oxygen atoms in total. The maximum Gasteiger partial charge on any atom is 0.218 e. The van der Waals surface area contributed by atoms with Crippen molar-refractivity contribution in [1.82, 2.24) is 10.3 Å². The first-order valence-corrected chi connectivity index (χ1v) is 6.92. The molecule has 2 heterocycles. The molecule has 0 spiro atoms. The molecule has 0 fully saturated rings. The van der Waals surface area contributed by atoms with E-state index in [4.69, 9.17) is 4.74 Å². The van der Waals surface area contributed by atoms with E-state index in [0.29, 0.717) is 5.88 Å². The predicted molar refractivity (Wildman–Crippen MR) is 75.4 cm³/mol. The molecule has 0 aliphatic rings. The van der Waals surface area contributed by atoms with Gasteiger partial charge in [-0.1, -0.05) is 13.0 Å². The third kappa shape index (κ3) is 2.54. The predicted octanol–water partition coefficient (Wildman–Crippen LogP) is 3.16. The van der Waals surface area contributed by atoms with Gasteiger partial charge in [0, 0.05) is 16.6 Å². The number of hydrogen-bond acceptors (Lipinski definition) is 4. The van der Waals surface area contributed by atoms with E-state index in [1.807, 2.05) is 6.07 Å². The molecule has 1 N–H and O–H groups in total. The van der Waals surface area contributed by atoms with Gasteiger partial charge in [0.05, 0.1) is 13.2 Å². The molecule has 0 radical (unpaired) electrons. The van der Waals surface area contributed by atoms with Gasteiger partial charge in [0.25, 0.3) is 0 Å². The van der Waals surface area contributed by atoms with Crippen LogP contribution in [0.1, 0.15) is 29.0 Å². The Hall–Kier alpha value is -1.39. The smallest absolute Gasteiger partial charge is 0.218 e. The standard InChI is InChI=1S/C14H18N2OS/c1-4-15-12(13-10(2)7-9-18-13)11-6-5-8-16-14(11)17-3/h5-9,12,15H,4H2,1-3H3. The molecule has 2 rings (SSSR count). The van der Waals surface area contributed by atoms with Crippen LogP contribution >= 0.6 is 11.3 Å². The lowest BCUT2D eigenvalue weighted by atomic mass is 10.0. The van der Waals surface area contributed by atoms with Gasteiger partial charge in [-0.05, 0) is 36.5 Å². The second-order valence-electron chi connectivity index (χ2n) is 4.06. The number of aromatic nitrogens is 1. The Morgan fingerprint density at radius 3 is 2.89 bits per heavy atom. The Labute approximate surface area is 112 Å². The second kappa shape index (κ2) is 5.98. The summed E-state index contributed by atoms with van der Waals surface area (Å²) in [6.45, 7) is 5.15. The monoisotopic (exact) mass is 262 g/mol. The van der Waals surface area contributed by atoms with Gasteiger partial charge in [0.1, 0.15) is 0 Å². The van der Waals surface area contributed by atoms with Crippen molar-refractivity contribution in [1.29, 1.82) is 0 Å². The lowest BCUT2D eigenvalue weighted by Gasteiger charge is -2.19. The maximum atomic E-state index is 5.36. The Morgan fingerprint density at radius 2 is 2.28 bits per heavy atom. The number of hydrogen-bond donors (Lipinski definition) is 1. The van der Waals surface area contributed by atoms with Crippen molar-refractivity contribution >= 4 is 11.3 Å². The molecule has 4 heteroatoms. The fraction of sp³-hybridized carbons (Fsp3) is 0.357. The van der Waals surface area contributed by atoms with Crippen LogP contribution in [0.5, 0.6) is 5.88 Å². The van der Waals surface area contributed by atoms with Gasteiger partial charge in [-0.2, -0.15) is 0 Å². The van der Waals surface area contributed by atoms with Crippen LogP contribution in [0.3, 0.4) is 0 Å². The van der Waals surface area contributed by atoms with E-state index in [0.717, 1.165) is 12.1 Å². The molecule has 1 atom stereocenters. The van der Waals surface area contributed by atoms with Crippen LogP contribution in [-0.4, -0.2) is 18.6 Å². The van der Waals surface area contributed by atoms with Crippen molar-refractivity contribution < 1.29 is 4.74 Å². The zero-order valence-corrected chi connectivity index (χ0v) is 11.8. The Morgan fingerprint density at radius 1 is 1.44 bits per heavy atom. The van der Waals surface area contributed by atoms with E-state index in [9.17, 15) is 0 Å². The first kappa shape index (κ1) is 13.1. The summed E-state index contributed by atoms with van der Waals surface area (Å²) < 4.78 is 5.36. The number of rotatable bonds is 5. The molecule has 18 heavy (non-hydrogen) atoms. The van der Waals surface area contributed by atoms with Crippen LogP contribution in [0.2, 0.25) is 0 Å². The van der Waals surface area contributed by atoms with Gasteiger partial charge >= 0.3 is 0 Å². The summed E-state index contributed by atoms with van der Waals surface area (Å²) in [6.07, 6.45) is 1.76. The van der Waals surface area contributed by atoms with Crippen LogP contribution in [0, 0.1) is 6.92 Å². The molecular weight excluding hydrogens is 244 g/mol. The molecule has 0 saturated carbocycles. The number of nitrogens with zero attached hydrogens (tertiary/aromatic N) is 1. The van der Waals surface area contributed by atoms with Crippen molar-refractivity contribution in [3.63, 3.8) is 0 Å². The SMILES string of the molecule is CCNC(c1cccnc1OC)c1sccc1C. The van der Waals surface area contributed by atoms with Crippen molar-refractivity contribution in [3.05, 3.63) is 45.8 Å². The van der Waals surface area contributed by atoms with Crippen molar-refractivity contribution in [2.45, 2.75) is 19.9 Å². The summed E-state index contributed by atoms with van der Waals surface area (Å²) in [6, 6.07) is 6.31. The van der Waals surface area contributed by atoms with Crippen LogP contribution in [0.15, 0.2) is 29.8 Å². The van der Waals surface area contributed by atoms with E-state index in [1.54, 1.807) is 24.6 Å². The normalized spacial score (nSPS) is 12.4. The summed E-state index contributed by atoms with van der Waals surface area (Å²) in [4.78, 5) is 5.60. The molecule has 0 aliphatic heterocycles. The zero-order chi connectivity index (χ0) is 13.0. The maximum absolute atomic E-state index is 5.36. The Balaban J connectivity index is 2.45. The summed E-state index contributed by atoms with van der Waals surface area (Å²) in [7, 11) is 1.66. The van der Waals surface area contributed by atoms with E-state index in [2.05, 4.69) is 41.7 Å². The van der Waals surface area contributed by atoms with Gasteiger partial charge in [-0.15, -0.1) is 11.3 Å². The molecule has 0 bridgehead atoms. The first-order chi connectivity index (χ1) is 8.77. The Bertz CT molecular complexity index is 510. The van der Waals surface area contributed by atoms with Crippen LogP contribution in [-0.2, 0) is 0 Å². The fourth-order valence-electron chi connectivity index (χ4n) is 2.02. The third-order valence-corrected chi connectivity index (χ3v) is 3.96. The number of aryl methyl sites for hydroxylation is 1. The lowest BCUT2D eigenvalue weighted by molar-refractivity contribution is 0.387. The fourth-order valence-corrected chi connectivity index (χ4v) is 3.04. The average molecular weight is 262 g/mol. The molecule has 0 aliphatic carbocycles. The highest BCUT2D eigenvalue weighted by atomic mass is 32.1. The highest BCUT2D eigenvalue weighted by Crippen LogP contribution is 2.33. The van der Waals surface area contributed by atoms with E-state index < -0.39 is 0 Å². The molecule has 0 saturated heterocycles. The molecular formula is C14H18N2OS. The van der Waals surface area contributed by atoms with E-state index in [1.165, 1.54) is 10.4 Å². The molecule has 2 aromatic rings. The lowest BCUT2D eigenvalue weighted by Crippen LogP contribution is -2.22. The minimum absolute atomic E-state index is 0.152. The number of ether oxygens (including phenoxy) is 1. The highest BCUT2D eigenvalue weighted by molar-refractivity contribution is 7.10. The number of thiophene rings is 1. The minimum Gasteiger partial charge on any atom is -0.481 e. The third-order valence-electron chi connectivity index (χ3n) is 2.88. The van der Waals surface area contributed by atoms with E-state index in [-0.39, 0.29) is 6.04 Å². The summed E-state index contributed by atoms with van der Waals surface area (Å²) in [5.74, 6) is 0.691. The highest BCUT2D eigenvalue weighted by Gasteiger charge is 2.20. The van der Waals surface area contributed by atoms with Gasteiger partial charge < -0.3 is 10.1 Å². The molecule has 96 valence electrons. The van der Waals surface area contributed by atoms with Gasteiger partial charge in [-0.25, -0.2) is 4.98 Å². The molecule has 1 unspecified atom stereocenters. The minimum atomic E-state index is 0.152. The topological polar surface area (TPSA) is 34.2 Å². The largest absolute Gasteiger partial charge is 0.481 e. The quantitative estimate of drug-likeness (QED) is 0.898. The second-order valence-corrected chi connectivity index (χ2v) is 5.01. The summed E-state index contributed by atoms with van der Waals surface area (Å²) >= 11 is 1.77. The van der Waals surface area contributed by atoms with Gasteiger partial charge in [0.15, 0.2) is 0 Å². The van der Waals surface area contributed by atoms with Crippen LogP contribution in [0.4, 0.5) is 0 Å². The number of pyridine rings is 1. The average Bonchev–Trinajstić information content (AvgIpc) is 2.82. The van der Waals surface area contributed by atoms with Crippen LogP contribution in [0.25, 0.3) is 0 Å². The molecule has 0 aromatic carbocycles. The van der Waals surface area contributed by atoms with Crippen LogP contribution < -0.4 is 10.1 Å². The van der Waals surface area contributed by atoms with Crippen molar-refractivity contribution in [2.75, 3.05) is 13.7 Å². The zero-order valence-electron chi connectivity index (χ0n) is 10.9. The van der Waals surface area contributed by atoms with E-state index >= 15 is 0 Å². The summed E-state index contributed by atoms with van der Waals surface area (Å²) in [5.41, 5.74) is 2.39. The summed E-state index contributed by atoms with van der Waals surface area (Å²) in [5, 5.41) is 5.63. The van der Waals surface area contributed by atoms with Gasteiger partial charge in [0.2, 0.25) is 5.88 Å². The molecule has 2 aromatic heterocycles. The van der Waals surface area contributed by atoms with Crippen molar-refractivity contribution in [2.24, 2.45) is 0 Å². The Kier molecular flexibility index (Phi) is 4.33.